The Balaban J connectivity index is 2.03. The Kier molecular flexibility index (Phi) is 0.953. The van der Waals surface area contributed by atoms with Gasteiger partial charge in [0, 0.05) is 0 Å². The Morgan fingerprint density at radius 3 is 2.92 bits per heavy atom. The van der Waals surface area contributed by atoms with Gasteiger partial charge >= 0.3 is 11.9 Å². The van der Waals surface area contributed by atoms with E-state index in [0.29, 0.717) is 11.8 Å². The first-order valence-corrected chi connectivity index (χ1v) is 4.21. The van der Waals surface area contributed by atoms with Crippen LogP contribution in [0.5, 0.6) is 0 Å². The van der Waals surface area contributed by atoms with Gasteiger partial charge in [0.05, 0.1) is 11.8 Å². The van der Waals surface area contributed by atoms with E-state index in [0.717, 1.165) is 6.42 Å². The van der Waals surface area contributed by atoms with E-state index in [1.807, 2.05) is 12.2 Å². The van der Waals surface area contributed by atoms with Crippen LogP contribution >= 0.6 is 0 Å². The predicted octanol–water partition coefficient (Wildman–Crippen LogP) is 0.508. The van der Waals surface area contributed by atoms with Gasteiger partial charge in [-0.05, 0) is 18.3 Å². The molecule has 0 aromatic heterocycles. The molecule has 0 radical (unpaired) electrons. The first-order chi connectivity index (χ1) is 5.77. The summed E-state index contributed by atoms with van der Waals surface area (Å²) in [7, 11) is 0. The molecule has 0 amide bonds. The fourth-order valence-electron chi connectivity index (χ4n) is 2.30. The van der Waals surface area contributed by atoms with Crippen LogP contribution in [0.15, 0.2) is 12.2 Å². The van der Waals surface area contributed by atoms with Gasteiger partial charge in [-0.2, -0.15) is 0 Å². The summed E-state index contributed by atoms with van der Waals surface area (Å²) >= 11 is 0. The van der Waals surface area contributed by atoms with Crippen LogP contribution in [0.25, 0.3) is 0 Å². The van der Waals surface area contributed by atoms with Crippen LogP contribution in [0.2, 0.25) is 0 Å². The lowest BCUT2D eigenvalue weighted by atomic mass is 9.86. The third kappa shape index (κ3) is 0.618. The van der Waals surface area contributed by atoms with Gasteiger partial charge in [-0.3, -0.25) is 9.59 Å². The van der Waals surface area contributed by atoms with Crippen molar-refractivity contribution in [3.05, 3.63) is 12.2 Å². The highest BCUT2D eigenvalue weighted by atomic mass is 16.6. The van der Waals surface area contributed by atoms with Crippen LogP contribution < -0.4 is 0 Å². The molecule has 0 N–H and O–H groups in total. The minimum absolute atomic E-state index is 0.146. The lowest BCUT2D eigenvalue weighted by Crippen LogP contribution is -2.21. The fourth-order valence-corrected chi connectivity index (χ4v) is 2.30. The minimum Gasteiger partial charge on any atom is -0.392 e. The molecule has 0 bridgehead atoms. The standard InChI is InChI=1S/C9H8O3/c10-8-5-2-1-4-3-6(4)7(5)9(11)12-8/h1-2,4-7H,3H2. The smallest absolute Gasteiger partial charge is 0.321 e. The molecule has 4 unspecified atom stereocenters. The zero-order valence-electron chi connectivity index (χ0n) is 6.40. The zero-order valence-corrected chi connectivity index (χ0v) is 6.40. The molecule has 0 spiro atoms. The molecule has 1 saturated carbocycles. The monoisotopic (exact) mass is 164 g/mol. The predicted molar refractivity (Wildman–Crippen MR) is 38.8 cm³/mol. The molecule has 1 heterocycles. The largest absolute Gasteiger partial charge is 0.392 e. The van der Waals surface area contributed by atoms with Crippen molar-refractivity contribution in [3.63, 3.8) is 0 Å². The second-order valence-electron chi connectivity index (χ2n) is 3.74. The van der Waals surface area contributed by atoms with Crippen molar-refractivity contribution in [1.82, 2.24) is 0 Å². The Morgan fingerprint density at radius 2 is 2.08 bits per heavy atom. The van der Waals surface area contributed by atoms with Crippen molar-refractivity contribution in [3.8, 4) is 0 Å². The highest BCUT2D eigenvalue weighted by molar-refractivity contribution is 5.98. The lowest BCUT2D eigenvalue weighted by molar-refractivity contribution is -0.153. The van der Waals surface area contributed by atoms with Gasteiger partial charge in [0.15, 0.2) is 0 Å². The van der Waals surface area contributed by atoms with E-state index in [1.54, 1.807) is 0 Å². The summed E-state index contributed by atoms with van der Waals surface area (Å²) in [5.41, 5.74) is 0. The van der Waals surface area contributed by atoms with E-state index >= 15 is 0 Å². The SMILES string of the molecule is O=C1OC(=O)C2C1C=CC1CC12. The van der Waals surface area contributed by atoms with Crippen molar-refractivity contribution in [1.29, 1.82) is 0 Å². The van der Waals surface area contributed by atoms with Crippen LogP contribution in [0.4, 0.5) is 0 Å². The van der Waals surface area contributed by atoms with Gasteiger partial charge in [-0.25, -0.2) is 0 Å². The number of ether oxygens (including phenoxy) is 1. The number of carbonyl (C=O) groups is 2. The minimum atomic E-state index is -0.355. The summed E-state index contributed by atoms with van der Waals surface area (Å²) in [6, 6.07) is 0. The average molecular weight is 164 g/mol. The van der Waals surface area contributed by atoms with Crippen molar-refractivity contribution >= 4 is 11.9 Å². The number of esters is 2. The molecule has 1 aliphatic heterocycles. The van der Waals surface area contributed by atoms with Crippen LogP contribution in [-0.2, 0) is 14.3 Å². The molecule has 3 rings (SSSR count). The Morgan fingerprint density at radius 1 is 1.25 bits per heavy atom. The third-order valence-corrected chi connectivity index (χ3v) is 3.05. The Labute approximate surface area is 69.4 Å². The summed E-state index contributed by atoms with van der Waals surface area (Å²) in [5, 5.41) is 0. The average Bonchev–Trinajstić information content (AvgIpc) is 2.74. The Hall–Kier alpha value is -1.12. The molecule has 62 valence electrons. The highest BCUT2D eigenvalue weighted by Crippen LogP contribution is 2.53. The molecule has 2 aliphatic carbocycles. The number of rotatable bonds is 0. The molecule has 3 heteroatoms. The van der Waals surface area contributed by atoms with Gasteiger partial charge in [0.25, 0.3) is 0 Å². The molecule has 0 aromatic rings. The molecule has 12 heavy (non-hydrogen) atoms. The molecule has 3 aliphatic rings. The summed E-state index contributed by atoms with van der Waals surface area (Å²) in [6.45, 7) is 0. The fraction of sp³-hybridized carbons (Fsp3) is 0.556. The van der Waals surface area contributed by atoms with Gasteiger partial charge in [0.1, 0.15) is 0 Å². The lowest BCUT2D eigenvalue weighted by Gasteiger charge is -2.12. The van der Waals surface area contributed by atoms with E-state index in [2.05, 4.69) is 4.74 Å². The van der Waals surface area contributed by atoms with E-state index in [9.17, 15) is 9.59 Å². The quantitative estimate of drug-likeness (QED) is 0.297. The second kappa shape index (κ2) is 1.79. The maximum Gasteiger partial charge on any atom is 0.321 e. The van der Waals surface area contributed by atoms with Crippen molar-refractivity contribution in [2.45, 2.75) is 6.42 Å². The van der Waals surface area contributed by atoms with E-state index in [1.165, 1.54) is 0 Å². The first-order valence-electron chi connectivity index (χ1n) is 4.21. The number of hydrogen-bond donors (Lipinski definition) is 0. The topological polar surface area (TPSA) is 43.4 Å². The maximum absolute atomic E-state index is 11.2. The third-order valence-electron chi connectivity index (χ3n) is 3.05. The van der Waals surface area contributed by atoms with Crippen LogP contribution in [0.3, 0.4) is 0 Å². The number of fused-ring (bicyclic) bond motifs is 3. The zero-order chi connectivity index (χ0) is 8.29. The number of cyclic esters (lactones) is 2. The van der Waals surface area contributed by atoms with E-state index < -0.39 is 0 Å². The van der Waals surface area contributed by atoms with Crippen molar-refractivity contribution < 1.29 is 14.3 Å². The van der Waals surface area contributed by atoms with E-state index in [4.69, 9.17) is 0 Å². The molecule has 2 fully saturated rings. The van der Waals surface area contributed by atoms with Crippen molar-refractivity contribution in [2.24, 2.45) is 23.7 Å². The number of allylic oxidation sites excluding steroid dienone is 1. The summed E-state index contributed by atoms with van der Waals surface area (Å²) in [4.78, 5) is 22.3. The van der Waals surface area contributed by atoms with Gasteiger partial charge in [-0.15, -0.1) is 0 Å². The van der Waals surface area contributed by atoms with Gasteiger partial charge in [0.2, 0.25) is 0 Å². The Bertz CT molecular complexity index is 305. The maximum atomic E-state index is 11.2. The second-order valence-corrected chi connectivity index (χ2v) is 3.74. The first kappa shape index (κ1) is 6.40. The van der Waals surface area contributed by atoms with Gasteiger partial charge < -0.3 is 4.74 Å². The molecule has 3 nitrogen and oxygen atoms in total. The normalized spacial score (nSPS) is 48.3. The molecule has 1 saturated heterocycles. The van der Waals surface area contributed by atoms with Crippen LogP contribution in [0.1, 0.15) is 6.42 Å². The molecule has 4 atom stereocenters. The van der Waals surface area contributed by atoms with Crippen molar-refractivity contribution in [2.75, 3.05) is 0 Å². The van der Waals surface area contributed by atoms with E-state index in [-0.39, 0.29) is 23.8 Å². The molecule has 0 aromatic carbocycles. The summed E-state index contributed by atoms with van der Waals surface area (Å²) < 4.78 is 4.58. The number of carbonyl (C=O) groups excluding carboxylic acids is 2. The van der Waals surface area contributed by atoms with Crippen LogP contribution in [0, 0.1) is 23.7 Å². The summed E-state index contributed by atoms with van der Waals surface area (Å²) in [6.07, 6.45) is 4.94. The molecular weight excluding hydrogens is 156 g/mol. The number of hydrogen-bond acceptors (Lipinski definition) is 3. The molecular formula is C9H8O3. The van der Waals surface area contributed by atoms with Crippen LogP contribution in [-0.4, -0.2) is 11.9 Å². The summed E-state index contributed by atoms with van der Waals surface area (Å²) in [5.74, 6) is -0.120. The highest BCUT2D eigenvalue weighted by Gasteiger charge is 2.57. The van der Waals surface area contributed by atoms with Gasteiger partial charge in [-0.1, -0.05) is 12.2 Å².